The molecule has 108 valence electrons. The van der Waals surface area contributed by atoms with Crippen molar-refractivity contribution in [1.29, 1.82) is 0 Å². The summed E-state index contributed by atoms with van der Waals surface area (Å²) >= 11 is 0. The molecule has 20 heavy (non-hydrogen) atoms. The summed E-state index contributed by atoms with van der Waals surface area (Å²) in [7, 11) is 1.69. The average Bonchev–Trinajstić information content (AvgIpc) is 2.95. The number of rotatable bonds is 6. The Morgan fingerprint density at radius 3 is 2.65 bits per heavy atom. The number of aromatic amines is 1. The summed E-state index contributed by atoms with van der Waals surface area (Å²) in [4.78, 5) is 0. The molecule has 0 amide bonds. The lowest BCUT2D eigenvalue weighted by molar-refractivity contribution is 0.00283. The number of ether oxygens (including phenoxy) is 1. The standard InChI is InChI=1S/C16H22N2O2/c1-16(2,20-3)10-9-14(19)13-11-17-18-15(13)12-7-5-4-6-8-12/h4-8,11,14,19H,9-10H2,1-3H3,(H,17,18). The smallest absolute Gasteiger partial charge is 0.0827 e. The highest BCUT2D eigenvalue weighted by molar-refractivity contribution is 5.62. The Morgan fingerprint density at radius 2 is 2.00 bits per heavy atom. The zero-order valence-corrected chi connectivity index (χ0v) is 12.3. The minimum atomic E-state index is -0.543. The molecule has 1 aromatic carbocycles. The fourth-order valence-corrected chi connectivity index (χ4v) is 2.13. The van der Waals surface area contributed by atoms with Crippen molar-refractivity contribution in [2.75, 3.05) is 7.11 Å². The second-order valence-corrected chi connectivity index (χ2v) is 5.58. The Bertz CT molecular complexity index is 534. The molecular formula is C16H22N2O2. The molecule has 0 fully saturated rings. The maximum atomic E-state index is 10.4. The van der Waals surface area contributed by atoms with Gasteiger partial charge in [0.25, 0.3) is 0 Å². The van der Waals surface area contributed by atoms with Crippen molar-refractivity contribution in [3.8, 4) is 11.3 Å². The highest BCUT2D eigenvalue weighted by Crippen LogP contribution is 2.30. The highest BCUT2D eigenvalue weighted by atomic mass is 16.5. The van der Waals surface area contributed by atoms with Crippen LogP contribution in [-0.2, 0) is 4.74 Å². The van der Waals surface area contributed by atoms with Gasteiger partial charge >= 0.3 is 0 Å². The summed E-state index contributed by atoms with van der Waals surface area (Å²) in [6, 6.07) is 9.92. The van der Waals surface area contributed by atoms with Crippen LogP contribution in [0.4, 0.5) is 0 Å². The van der Waals surface area contributed by atoms with Crippen LogP contribution in [0.25, 0.3) is 11.3 Å². The Kier molecular flexibility index (Phi) is 4.57. The van der Waals surface area contributed by atoms with Gasteiger partial charge in [-0.3, -0.25) is 5.10 Å². The summed E-state index contributed by atoms with van der Waals surface area (Å²) in [5.74, 6) is 0. The third-order valence-electron chi connectivity index (χ3n) is 3.66. The molecular weight excluding hydrogens is 252 g/mol. The first kappa shape index (κ1) is 14.8. The minimum Gasteiger partial charge on any atom is -0.388 e. The van der Waals surface area contributed by atoms with Gasteiger partial charge in [0.05, 0.1) is 23.6 Å². The van der Waals surface area contributed by atoms with E-state index in [1.54, 1.807) is 13.3 Å². The first-order valence-corrected chi connectivity index (χ1v) is 6.85. The molecule has 0 bridgehead atoms. The fraction of sp³-hybridized carbons (Fsp3) is 0.438. The second kappa shape index (κ2) is 6.20. The number of methoxy groups -OCH3 is 1. The van der Waals surface area contributed by atoms with Gasteiger partial charge < -0.3 is 9.84 Å². The predicted molar refractivity (Wildman–Crippen MR) is 79.3 cm³/mol. The van der Waals surface area contributed by atoms with E-state index in [2.05, 4.69) is 10.2 Å². The number of benzene rings is 1. The lowest BCUT2D eigenvalue weighted by Crippen LogP contribution is -2.23. The molecule has 1 unspecified atom stereocenters. The summed E-state index contributed by atoms with van der Waals surface area (Å²) in [5.41, 5.74) is 2.53. The molecule has 1 heterocycles. The van der Waals surface area contributed by atoms with E-state index in [0.717, 1.165) is 23.2 Å². The number of nitrogens with one attached hydrogen (secondary N) is 1. The number of hydrogen-bond acceptors (Lipinski definition) is 3. The first-order valence-electron chi connectivity index (χ1n) is 6.85. The maximum absolute atomic E-state index is 10.4. The van der Waals surface area contributed by atoms with E-state index in [0.29, 0.717) is 6.42 Å². The largest absolute Gasteiger partial charge is 0.388 e. The van der Waals surface area contributed by atoms with Crippen LogP contribution in [0, 0.1) is 0 Å². The average molecular weight is 274 g/mol. The molecule has 0 saturated carbocycles. The van der Waals surface area contributed by atoms with Crippen molar-refractivity contribution in [3.63, 3.8) is 0 Å². The first-order chi connectivity index (χ1) is 9.53. The van der Waals surface area contributed by atoms with Crippen LogP contribution in [0.1, 0.15) is 38.4 Å². The number of H-pyrrole nitrogens is 1. The van der Waals surface area contributed by atoms with Crippen molar-refractivity contribution in [1.82, 2.24) is 10.2 Å². The monoisotopic (exact) mass is 274 g/mol. The molecule has 4 nitrogen and oxygen atoms in total. The molecule has 2 aromatic rings. The number of aromatic nitrogens is 2. The second-order valence-electron chi connectivity index (χ2n) is 5.58. The zero-order chi connectivity index (χ0) is 14.6. The number of hydrogen-bond donors (Lipinski definition) is 2. The van der Waals surface area contributed by atoms with Crippen LogP contribution < -0.4 is 0 Å². The topological polar surface area (TPSA) is 58.1 Å². The van der Waals surface area contributed by atoms with Gasteiger partial charge in [-0.1, -0.05) is 30.3 Å². The normalized spacial score (nSPS) is 13.4. The van der Waals surface area contributed by atoms with Gasteiger partial charge in [0, 0.05) is 12.7 Å². The third-order valence-corrected chi connectivity index (χ3v) is 3.66. The molecule has 4 heteroatoms. The lowest BCUT2D eigenvalue weighted by atomic mass is 9.95. The zero-order valence-electron chi connectivity index (χ0n) is 12.3. The summed E-state index contributed by atoms with van der Waals surface area (Å²) in [6.07, 6.45) is 2.58. The Hall–Kier alpha value is -1.65. The SMILES string of the molecule is COC(C)(C)CCC(O)c1cn[nH]c1-c1ccccc1. The van der Waals surface area contributed by atoms with Gasteiger partial charge in [0.2, 0.25) is 0 Å². The molecule has 0 aliphatic rings. The van der Waals surface area contributed by atoms with Crippen molar-refractivity contribution in [2.24, 2.45) is 0 Å². The van der Waals surface area contributed by atoms with Crippen LogP contribution >= 0.6 is 0 Å². The van der Waals surface area contributed by atoms with Crippen molar-refractivity contribution >= 4 is 0 Å². The Morgan fingerprint density at radius 1 is 1.30 bits per heavy atom. The Balaban J connectivity index is 2.12. The quantitative estimate of drug-likeness (QED) is 0.849. The van der Waals surface area contributed by atoms with Crippen LogP contribution in [-0.4, -0.2) is 28.0 Å². The Labute approximate surface area is 119 Å². The van der Waals surface area contributed by atoms with Crippen molar-refractivity contribution in [2.45, 2.75) is 38.4 Å². The number of nitrogens with zero attached hydrogens (tertiary/aromatic N) is 1. The molecule has 0 spiro atoms. The molecule has 0 aliphatic carbocycles. The van der Waals surface area contributed by atoms with E-state index in [9.17, 15) is 5.11 Å². The van der Waals surface area contributed by atoms with Gasteiger partial charge in [0.1, 0.15) is 0 Å². The van der Waals surface area contributed by atoms with Crippen LogP contribution in [0.5, 0.6) is 0 Å². The van der Waals surface area contributed by atoms with E-state index in [4.69, 9.17) is 4.74 Å². The molecule has 0 saturated heterocycles. The molecule has 0 radical (unpaired) electrons. The van der Waals surface area contributed by atoms with E-state index in [1.807, 2.05) is 44.2 Å². The fourth-order valence-electron chi connectivity index (χ4n) is 2.13. The van der Waals surface area contributed by atoms with Crippen LogP contribution in [0.3, 0.4) is 0 Å². The van der Waals surface area contributed by atoms with Crippen LogP contribution in [0.15, 0.2) is 36.5 Å². The molecule has 2 N–H and O–H groups in total. The molecule has 2 rings (SSSR count). The van der Waals surface area contributed by atoms with Gasteiger partial charge in [-0.15, -0.1) is 0 Å². The lowest BCUT2D eigenvalue weighted by Gasteiger charge is -2.24. The number of aliphatic hydroxyl groups is 1. The van der Waals surface area contributed by atoms with Crippen LogP contribution in [0.2, 0.25) is 0 Å². The highest BCUT2D eigenvalue weighted by Gasteiger charge is 2.21. The summed E-state index contributed by atoms with van der Waals surface area (Å²) in [6.45, 7) is 4.04. The van der Waals surface area contributed by atoms with Gasteiger partial charge in [-0.25, -0.2) is 0 Å². The minimum absolute atomic E-state index is 0.225. The summed E-state index contributed by atoms with van der Waals surface area (Å²) in [5, 5.41) is 17.4. The molecule has 1 atom stereocenters. The van der Waals surface area contributed by atoms with Gasteiger partial charge in [0.15, 0.2) is 0 Å². The van der Waals surface area contributed by atoms with Gasteiger partial charge in [-0.2, -0.15) is 5.10 Å². The number of aliphatic hydroxyl groups excluding tert-OH is 1. The predicted octanol–water partition coefficient (Wildman–Crippen LogP) is 3.32. The van der Waals surface area contributed by atoms with E-state index < -0.39 is 6.10 Å². The van der Waals surface area contributed by atoms with Gasteiger partial charge in [-0.05, 0) is 32.3 Å². The third kappa shape index (κ3) is 3.46. The summed E-state index contributed by atoms with van der Waals surface area (Å²) < 4.78 is 5.39. The van der Waals surface area contributed by atoms with Crippen molar-refractivity contribution < 1.29 is 9.84 Å². The van der Waals surface area contributed by atoms with E-state index >= 15 is 0 Å². The maximum Gasteiger partial charge on any atom is 0.0827 e. The van der Waals surface area contributed by atoms with Crippen molar-refractivity contribution in [3.05, 3.63) is 42.1 Å². The van der Waals surface area contributed by atoms with E-state index in [-0.39, 0.29) is 5.60 Å². The molecule has 1 aromatic heterocycles. The molecule has 0 aliphatic heterocycles. The van der Waals surface area contributed by atoms with E-state index in [1.165, 1.54) is 0 Å².